The minimum absolute atomic E-state index is 0.538. The van der Waals surface area contributed by atoms with Crippen LogP contribution in [0.4, 0.5) is 0 Å². The largest absolute Gasteiger partial charge is 0.337 e. The van der Waals surface area contributed by atoms with E-state index in [0.717, 1.165) is 24.8 Å². The van der Waals surface area contributed by atoms with Crippen molar-refractivity contribution < 1.29 is 4.79 Å². The average Bonchev–Trinajstić information content (AvgIpc) is 2.69. The van der Waals surface area contributed by atoms with Gasteiger partial charge in [0, 0.05) is 25.1 Å². The van der Waals surface area contributed by atoms with Gasteiger partial charge >= 0.3 is 0 Å². The molecule has 2 aromatic heterocycles. The Morgan fingerprint density at radius 3 is 2.75 bits per heavy atom. The molecular weight excluding hydrogens is 202 g/mol. The summed E-state index contributed by atoms with van der Waals surface area (Å²) in [5, 5.41) is 0. The van der Waals surface area contributed by atoms with Crippen LogP contribution < -0.4 is 0 Å². The van der Waals surface area contributed by atoms with Crippen LogP contribution in [-0.4, -0.2) is 20.8 Å². The second kappa shape index (κ2) is 4.70. The molecule has 0 aliphatic carbocycles. The summed E-state index contributed by atoms with van der Waals surface area (Å²) in [7, 11) is 1.90. The van der Waals surface area contributed by atoms with Gasteiger partial charge in [-0.15, -0.1) is 0 Å². The number of aldehydes is 1. The maximum atomic E-state index is 10.8. The number of carbonyl (C=O) groups is 1. The van der Waals surface area contributed by atoms with Gasteiger partial charge in [-0.3, -0.25) is 9.78 Å². The highest BCUT2D eigenvalue weighted by Crippen LogP contribution is 2.08. The van der Waals surface area contributed by atoms with E-state index in [4.69, 9.17) is 0 Å². The second-order valence-corrected chi connectivity index (χ2v) is 3.66. The summed E-state index contributed by atoms with van der Waals surface area (Å²) in [6, 6.07) is 3.97. The molecule has 4 heteroatoms. The third-order valence-corrected chi connectivity index (χ3v) is 2.60. The Kier molecular flexibility index (Phi) is 3.10. The van der Waals surface area contributed by atoms with Crippen molar-refractivity contribution in [3.05, 3.63) is 47.8 Å². The van der Waals surface area contributed by atoms with Gasteiger partial charge in [0.05, 0.1) is 6.33 Å². The number of aromatic nitrogens is 3. The average molecular weight is 215 g/mol. The molecule has 2 aromatic rings. The molecule has 0 unspecified atom stereocenters. The maximum Gasteiger partial charge on any atom is 0.170 e. The Hall–Kier alpha value is -1.97. The number of aryl methyl sites for hydroxylation is 2. The number of imidazole rings is 1. The van der Waals surface area contributed by atoms with Crippen molar-refractivity contribution in [2.45, 2.75) is 12.8 Å². The lowest BCUT2D eigenvalue weighted by Crippen LogP contribution is -2.01. The number of nitrogens with zero attached hydrogens (tertiary/aromatic N) is 3. The number of hydrogen-bond acceptors (Lipinski definition) is 3. The highest BCUT2D eigenvalue weighted by molar-refractivity contribution is 5.73. The molecule has 0 radical (unpaired) electrons. The molecule has 0 saturated carbocycles. The van der Waals surface area contributed by atoms with Crippen molar-refractivity contribution in [2.24, 2.45) is 7.05 Å². The molecule has 0 fully saturated rings. The monoisotopic (exact) mass is 215 g/mol. The molecule has 0 bridgehead atoms. The zero-order valence-corrected chi connectivity index (χ0v) is 9.13. The van der Waals surface area contributed by atoms with E-state index in [2.05, 4.69) is 9.97 Å². The van der Waals surface area contributed by atoms with Crippen LogP contribution in [0, 0.1) is 0 Å². The van der Waals surface area contributed by atoms with Crippen LogP contribution >= 0.6 is 0 Å². The van der Waals surface area contributed by atoms with Gasteiger partial charge < -0.3 is 4.57 Å². The predicted octanol–water partition coefficient (Wildman–Crippen LogP) is 1.41. The van der Waals surface area contributed by atoms with Crippen molar-refractivity contribution in [3.8, 4) is 0 Å². The summed E-state index contributed by atoms with van der Waals surface area (Å²) >= 11 is 0. The predicted molar refractivity (Wildman–Crippen MR) is 60.2 cm³/mol. The quantitative estimate of drug-likeness (QED) is 0.724. The zero-order valence-electron chi connectivity index (χ0n) is 9.13. The lowest BCUT2D eigenvalue weighted by Gasteiger charge is -2.03. The number of pyridine rings is 1. The molecule has 0 aliphatic rings. The fourth-order valence-corrected chi connectivity index (χ4v) is 1.69. The van der Waals surface area contributed by atoms with E-state index in [0.29, 0.717) is 5.69 Å². The van der Waals surface area contributed by atoms with Gasteiger partial charge in [0.25, 0.3) is 0 Å². The third-order valence-electron chi connectivity index (χ3n) is 2.60. The van der Waals surface area contributed by atoms with Crippen LogP contribution in [0.5, 0.6) is 0 Å². The van der Waals surface area contributed by atoms with E-state index >= 15 is 0 Å². The number of carbonyl (C=O) groups excluding carboxylic acids is 1. The summed E-state index contributed by atoms with van der Waals surface area (Å²) in [6.07, 6.45) is 7.74. The second-order valence-electron chi connectivity index (χ2n) is 3.66. The number of rotatable bonds is 4. The zero-order chi connectivity index (χ0) is 11.4. The van der Waals surface area contributed by atoms with Crippen LogP contribution in [0.1, 0.15) is 21.7 Å². The SMILES string of the molecule is Cn1cnc(C=O)c1CCc1ccncc1. The first-order valence-electron chi connectivity index (χ1n) is 5.15. The first-order chi connectivity index (χ1) is 7.81. The standard InChI is InChI=1S/C12H13N3O/c1-15-9-14-11(8-16)12(15)3-2-10-4-6-13-7-5-10/h4-9H,2-3H2,1H3. The van der Waals surface area contributed by atoms with Gasteiger partial charge in [-0.1, -0.05) is 0 Å². The van der Waals surface area contributed by atoms with E-state index in [1.165, 1.54) is 5.56 Å². The molecule has 4 nitrogen and oxygen atoms in total. The van der Waals surface area contributed by atoms with Gasteiger partial charge in [-0.25, -0.2) is 4.98 Å². The molecule has 2 heterocycles. The van der Waals surface area contributed by atoms with Crippen LogP contribution in [-0.2, 0) is 19.9 Å². The summed E-state index contributed by atoms with van der Waals surface area (Å²) < 4.78 is 1.89. The lowest BCUT2D eigenvalue weighted by molar-refractivity contribution is 0.111. The van der Waals surface area contributed by atoms with Crippen LogP contribution in [0.3, 0.4) is 0 Å². The summed E-state index contributed by atoms with van der Waals surface area (Å²) in [5.41, 5.74) is 2.73. The van der Waals surface area contributed by atoms with Crippen molar-refractivity contribution in [2.75, 3.05) is 0 Å². The smallest absolute Gasteiger partial charge is 0.170 e. The highest BCUT2D eigenvalue weighted by atomic mass is 16.1. The Labute approximate surface area is 94.0 Å². The van der Waals surface area contributed by atoms with Gasteiger partial charge in [-0.05, 0) is 30.5 Å². The van der Waals surface area contributed by atoms with E-state index in [1.54, 1.807) is 18.7 Å². The molecule has 0 aliphatic heterocycles. The van der Waals surface area contributed by atoms with Crippen LogP contribution in [0.2, 0.25) is 0 Å². The molecule has 0 amide bonds. The Bertz CT molecular complexity index is 476. The van der Waals surface area contributed by atoms with Crippen molar-refractivity contribution in [1.29, 1.82) is 0 Å². The van der Waals surface area contributed by atoms with Crippen LogP contribution in [0.15, 0.2) is 30.9 Å². The Morgan fingerprint density at radius 2 is 2.06 bits per heavy atom. The van der Waals surface area contributed by atoms with Gasteiger partial charge in [0.1, 0.15) is 5.69 Å². The van der Waals surface area contributed by atoms with Crippen LogP contribution in [0.25, 0.3) is 0 Å². The van der Waals surface area contributed by atoms with Gasteiger partial charge in [0.2, 0.25) is 0 Å². The fourth-order valence-electron chi connectivity index (χ4n) is 1.69. The molecule has 0 saturated heterocycles. The molecule has 16 heavy (non-hydrogen) atoms. The van der Waals surface area contributed by atoms with Crippen molar-refractivity contribution in [3.63, 3.8) is 0 Å². The summed E-state index contributed by atoms with van der Waals surface area (Å²) in [5.74, 6) is 0. The lowest BCUT2D eigenvalue weighted by atomic mass is 10.1. The molecule has 2 rings (SSSR count). The molecule has 0 atom stereocenters. The summed E-state index contributed by atoms with van der Waals surface area (Å²) in [6.45, 7) is 0. The molecule has 0 N–H and O–H groups in total. The molecule has 0 spiro atoms. The van der Waals surface area contributed by atoms with Gasteiger partial charge in [0.15, 0.2) is 6.29 Å². The molecular formula is C12H13N3O. The fraction of sp³-hybridized carbons (Fsp3) is 0.250. The Balaban J connectivity index is 2.10. The minimum Gasteiger partial charge on any atom is -0.337 e. The van der Waals surface area contributed by atoms with E-state index in [1.807, 2.05) is 23.7 Å². The van der Waals surface area contributed by atoms with Gasteiger partial charge in [-0.2, -0.15) is 0 Å². The third kappa shape index (κ3) is 2.16. The van der Waals surface area contributed by atoms with E-state index < -0.39 is 0 Å². The van der Waals surface area contributed by atoms with E-state index in [9.17, 15) is 4.79 Å². The normalized spacial score (nSPS) is 10.3. The maximum absolute atomic E-state index is 10.8. The van der Waals surface area contributed by atoms with E-state index in [-0.39, 0.29) is 0 Å². The number of hydrogen-bond donors (Lipinski definition) is 0. The first-order valence-corrected chi connectivity index (χ1v) is 5.15. The molecule has 82 valence electrons. The minimum atomic E-state index is 0.538. The van der Waals surface area contributed by atoms with Crippen molar-refractivity contribution in [1.82, 2.24) is 14.5 Å². The highest BCUT2D eigenvalue weighted by Gasteiger charge is 2.07. The Morgan fingerprint density at radius 1 is 1.31 bits per heavy atom. The molecule has 0 aromatic carbocycles. The topological polar surface area (TPSA) is 47.8 Å². The van der Waals surface area contributed by atoms with Crippen molar-refractivity contribution >= 4 is 6.29 Å². The summed E-state index contributed by atoms with van der Waals surface area (Å²) in [4.78, 5) is 18.8. The first kappa shape index (κ1) is 10.5.